The predicted octanol–water partition coefficient (Wildman–Crippen LogP) is 4.66. The van der Waals surface area contributed by atoms with Gasteiger partial charge in [0.25, 0.3) is 0 Å². The van der Waals surface area contributed by atoms with Crippen molar-refractivity contribution in [3.8, 4) is 0 Å². The summed E-state index contributed by atoms with van der Waals surface area (Å²) >= 11 is 0. The fraction of sp³-hybridized carbons (Fsp3) is 0.385. The van der Waals surface area contributed by atoms with Crippen LogP contribution in [-0.2, 0) is 32.0 Å². The first-order chi connectivity index (χ1) is 16.3. The number of hydrogen-bond donors (Lipinski definition) is 1. The highest BCUT2D eigenvalue weighted by atomic mass is 19.1. The Labute approximate surface area is 197 Å². The minimum atomic E-state index is -0.928. The van der Waals surface area contributed by atoms with Gasteiger partial charge in [0.1, 0.15) is 11.5 Å². The molecule has 34 heavy (non-hydrogen) atoms. The van der Waals surface area contributed by atoms with Crippen LogP contribution < -0.4 is 5.32 Å². The van der Waals surface area contributed by atoms with Crippen molar-refractivity contribution >= 4 is 28.5 Å². The molecule has 0 atom stereocenters. The molecule has 8 heteroatoms. The number of carbonyl (C=O) groups excluding carboxylic acids is 2. The molecule has 1 aliphatic heterocycles. The van der Waals surface area contributed by atoms with E-state index in [4.69, 9.17) is 14.2 Å². The molecule has 1 N–H and O–H groups in total. The number of amides is 1. The number of carbonyl (C=O) groups is 2. The number of halogens is 1. The highest BCUT2D eigenvalue weighted by Crippen LogP contribution is 2.32. The van der Waals surface area contributed by atoms with Gasteiger partial charge in [-0.25, -0.2) is 9.18 Å². The Morgan fingerprint density at radius 3 is 2.56 bits per heavy atom. The number of benzene rings is 2. The van der Waals surface area contributed by atoms with Crippen LogP contribution >= 0.6 is 0 Å². The first-order valence-corrected chi connectivity index (χ1v) is 11.5. The zero-order chi connectivity index (χ0) is 24.3. The first-order valence-electron chi connectivity index (χ1n) is 11.5. The average Bonchev–Trinajstić information content (AvgIpc) is 3.36. The van der Waals surface area contributed by atoms with Gasteiger partial charge in [-0.05, 0) is 50.1 Å². The van der Waals surface area contributed by atoms with Gasteiger partial charge >= 0.3 is 5.97 Å². The van der Waals surface area contributed by atoms with Gasteiger partial charge in [0.05, 0.1) is 32.8 Å². The molecule has 0 spiro atoms. The highest BCUT2D eigenvalue weighted by molar-refractivity contribution is 6.01. The zero-order valence-corrected chi connectivity index (χ0v) is 19.7. The van der Waals surface area contributed by atoms with Crippen molar-refractivity contribution in [3.05, 3.63) is 65.1 Å². The lowest BCUT2D eigenvalue weighted by Crippen LogP contribution is -2.31. The van der Waals surface area contributed by atoms with Crippen LogP contribution in [0.5, 0.6) is 0 Å². The van der Waals surface area contributed by atoms with Gasteiger partial charge in [-0.15, -0.1) is 0 Å². The van der Waals surface area contributed by atoms with Crippen molar-refractivity contribution in [2.45, 2.75) is 45.9 Å². The Kier molecular flexibility index (Phi) is 7.00. The summed E-state index contributed by atoms with van der Waals surface area (Å²) in [5.74, 6) is -1.96. The van der Waals surface area contributed by atoms with Crippen LogP contribution in [-0.4, -0.2) is 42.1 Å². The Morgan fingerprint density at radius 2 is 1.88 bits per heavy atom. The average molecular weight is 469 g/mol. The summed E-state index contributed by atoms with van der Waals surface area (Å²) in [7, 11) is 0. The molecule has 7 nitrogen and oxygen atoms in total. The molecule has 0 unspecified atom stereocenters. The predicted molar refractivity (Wildman–Crippen MR) is 126 cm³/mol. The molecule has 1 saturated heterocycles. The van der Waals surface area contributed by atoms with E-state index in [0.717, 1.165) is 16.5 Å². The Hall–Kier alpha value is -3.23. The van der Waals surface area contributed by atoms with Gasteiger partial charge in [0.15, 0.2) is 5.79 Å². The molecular formula is C26H29FN2O5. The fourth-order valence-corrected chi connectivity index (χ4v) is 4.41. The first kappa shape index (κ1) is 23.9. The SMILES string of the molecule is CCOC(=O)c1c(CC)c2cc(NC(=O)CC3(C)OCCO3)ccc2n1Cc1ccccc1F. The number of esters is 1. The lowest BCUT2D eigenvalue weighted by Gasteiger charge is -2.21. The number of rotatable bonds is 8. The number of aryl methyl sites for hydroxylation is 1. The molecule has 2 heterocycles. The number of hydrogen-bond acceptors (Lipinski definition) is 5. The second kappa shape index (κ2) is 9.95. The lowest BCUT2D eigenvalue weighted by molar-refractivity contribution is -0.156. The van der Waals surface area contributed by atoms with Crippen molar-refractivity contribution in [3.63, 3.8) is 0 Å². The fourth-order valence-electron chi connectivity index (χ4n) is 4.41. The van der Waals surface area contributed by atoms with Crippen LogP contribution in [0.2, 0.25) is 0 Å². The summed E-state index contributed by atoms with van der Waals surface area (Å²) in [6.45, 7) is 6.77. The molecular weight excluding hydrogens is 439 g/mol. The zero-order valence-electron chi connectivity index (χ0n) is 19.7. The van der Waals surface area contributed by atoms with Crippen molar-refractivity contribution in [2.75, 3.05) is 25.1 Å². The number of anilines is 1. The van der Waals surface area contributed by atoms with E-state index in [1.165, 1.54) is 6.07 Å². The van der Waals surface area contributed by atoms with Crippen LogP contribution in [0.25, 0.3) is 10.9 Å². The van der Waals surface area contributed by atoms with Crippen molar-refractivity contribution in [1.29, 1.82) is 0 Å². The largest absolute Gasteiger partial charge is 0.461 e. The highest BCUT2D eigenvalue weighted by Gasteiger charge is 2.33. The third kappa shape index (κ3) is 4.83. The van der Waals surface area contributed by atoms with Crippen molar-refractivity contribution in [2.24, 2.45) is 0 Å². The lowest BCUT2D eigenvalue weighted by atomic mass is 10.1. The molecule has 0 bridgehead atoms. The van der Waals surface area contributed by atoms with E-state index in [0.29, 0.717) is 36.6 Å². The van der Waals surface area contributed by atoms with Gasteiger partial charge in [0.2, 0.25) is 5.91 Å². The second-order valence-corrected chi connectivity index (χ2v) is 8.37. The standard InChI is InChI=1S/C26H29FN2O5/c1-4-19-20-14-18(28-23(30)15-26(3)33-12-13-34-26)10-11-22(20)29(24(19)25(31)32-5-2)16-17-8-6-7-9-21(17)27/h6-11,14H,4-5,12-13,15-16H2,1-3H3,(H,28,30). The van der Waals surface area contributed by atoms with Gasteiger partial charge in [0, 0.05) is 22.2 Å². The van der Waals surface area contributed by atoms with E-state index in [1.54, 1.807) is 42.7 Å². The third-order valence-corrected chi connectivity index (χ3v) is 5.94. The van der Waals surface area contributed by atoms with Crippen molar-refractivity contribution in [1.82, 2.24) is 4.57 Å². The molecule has 1 fully saturated rings. The van der Waals surface area contributed by atoms with E-state index in [-0.39, 0.29) is 31.3 Å². The molecule has 0 aliphatic carbocycles. The molecule has 1 aromatic heterocycles. The number of fused-ring (bicyclic) bond motifs is 1. The van der Waals surface area contributed by atoms with Crippen LogP contribution in [0.3, 0.4) is 0 Å². The maximum atomic E-state index is 14.5. The molecule has 1 amide bonds. The molecule has 4 rings (SSSR count). The summed E-state index contributed by atoms with van der Waals surface area (Å²) < 4.78 is 32.6. The van der Waals surface area contributed by atoms with E-state index in [1.807, 2.05) is 19.1 Å². The summed E-state index contributed by atoms with van der Waals surface area (Å²) in [5.41, 5.74) is 3.00. The Balaban J connectivity index is 1.73. The molecule has 0 saturated carbocycles. The van der Waals surface area contributed by atoms with Gasteiger partial charge in [-0.1, -0.05) is 25.1 Å². The monoisotopic (exact) mass is 468 g/mol. The van der Waals surface area contributed by atoms with Crippen LogP contribution in [0.15, 0.2) is 42.5 Å². The van der Waals surface area contributed by atoms with E-state index in [9.17, 15) is 14.0 Å². The molecule has 2 aromatic carbocycles. The van der Waals surface area contributed by atoms with Crippen LogP contribution in [0, 0.1) is 5.82 Å². The summed E-state index contributed by atoms with van der Waals surface area (Å²) in [5, 5.41) is 3.70. The Morgan fingerprint density at radius 1 is 1.15 bits per heavy atom. The smallest absolute Gasteiger partial charge is 0.355 e. The number of aromatic nitrogens is 1. The summed E-state index contributed by atoms with van der Waals surface area (Å²) in [6, 6.07) is 11.9. The normalized spacial score (nSPS) is 14.9. The van der Waals surface area contributed by atoms with Gasteiger partial charge < -0.3 is 24.1 Å². The van der Waals surface area contributed by atoms with E-state index >= 15 is 0 Å². The second-order valence-electron chi connectivity index (χ2n) is 8.37. The Bertz CT molecular complexity index is 1210. The van der Waals surface area contributed by atoms with E-state index < -0.39 is 11.8 Å². The van der Waals surface area contributed by atoms with Crippen LogP contribution in [0.1, 0.15) is 48.8 Å². The molecule has 0 radical (unpaired) electrons. The number of ether oxygens (including phenoxy) is 3. The minimum Gasteiger partial charge on any atom is -0.461 e. The molecule has 3 aromatic rings. The topological polar surface area (TPSA) is 78.8 Å². The molecule has 1 aliphatic rings. The maximum absolute atomic E-state index is 14.5. The minimum absolute atomic E-state index is 0.0635. The van der Waals surface area contributed by atoms with Crippen molar-refractivity contribution < 1.29 is 28.2 Å². The van der Waals surface area contributed by atoms with E-state index in [2.05, 4.69) is 5.32 Å². The summed E-state index contributed by atoms with van der Waals surface area (Å²) in [6.07, 6.45) is 0.625. The molecule has 180 valence electrons. The maximum Gasteiger partial charge on any atom is 0.355 e. The number of nitrogens with one attached hydrogen (secondary N) is 1. The van der Waals surface area contributed by atoms with Crippen LogP contribution in [0.4, 0.5) is 10.1 Å². The van der Waals surface area contributed by atoms with Gasteiger partial charge in [-0.3, -0.25) is 4.79 Å². The number of nitrogens with zero attached hydrogens (tertiary/aromatic N) is 1. The quantitative estimate of drug-likeness (QED) is 0.487. The summed E-state index contributed by atoms with van der Waals surface area (Å²) in [4.78, 5) is 25.6. The van der Waals surface area contributed by atoms with Gasteiger partial charge in [-0.2, -0.15) is 0 Å². The third-order valence-electron chi connectivity index (χ3n) is 5.94.